The first-order valence-electron chi connectivity index (χ1n) is 23.9. The predicted octanol–water partition coefficient (Wildman–Crippen LogP) is 14.7. The number of carbonyl (C=O) groups is 1. The van der Waals surface area contributed by atoms with Crippen molar-refractivity contribution < 1.29 is 32.8 Å². The molecule has 0 aromatic rings. The molecule has 0 saturated carbocycles. The van der Waals surface area contributed by atoms with E-state index in [9.17, 15) is 14.3 Å². The van der Waals surface area contributed by atoms with Gasteiger partial charge in [0.15, 0.2) is 0 Å². The van der Waals surface area contributed by atoms with Gasteiger partial charge in [-0.15, -0.1) is 0 Å². The van der Waals surface area contributed by atoms with Gasteiger partial charge in [0, 0.05) is 19.6 Å². The fraction of sp³-hybridized carbons (Fsp3) is 0.740. The van der Waals surface area contributed by atoms with E-state index in [0.29, 0.717) is 13.0 Å². The number of nitrogens with two attached hydrogens (primary N) is 1. The van der Waals surface area contributed by atoms with Crippen molar-refractivity contribution in [1.29, 1.82) is 0 Å². The van der Waals surface area contributed by atoms with E-state index in [-0.39, 0.29) is 32.3 Å². The van der Waals surface area contributed by atoms with E-state index in [1.807, 2.05) is 0 Å². The Morgan fingerprint density at radius 1 is 0.525 bits per heavy atom. The van der Waals surface area contributed by atoms with E-state index in [4.69, 9.17) is 24.3 Å². The molecule has 2 atom stereocenters. The fourth-order valence-electron chi connectivity index (χ4n) is 6.41. The van der Waals surface area contributed by atoms with Crippen molar-refractivity contribution in [1.82, 2.24) is 0 Å². The summed E-state index contributed by atoms with van der Waals surface area (Å²) >= 11 is 0. The van der Waals surface area contributed by atoms with Gasteiger partial charge in [-0.3, -0.25) is 13.8 Å². The number of rotatable bonds is 45. The smallest absolute Gasteiger partial charge is 0.457 e. The van der Waals surface area contributed by atoms with Crippen LogP contribution in [0.5, 0.6) is 0 Å². The molecule has 0 aliphatic heterocycles. The summed E-state index contributed by atoms with van der Waals surface area (Å²) in [5, 5.41) is 0. The van der Waals surface area contributed by atoms with Gasteiger partial charge in [-0.05, 0) is 64.2 Å². The molecule has 3 N–H and O–H groups in total. The van der Waals surface area contributed by atoms with Crippen molar-refractivity contribution in [2.75, 3.05) is 33.0 Å². The Morgan fingerprint density at radius 3 is 1.41 bits per heavy atom. The number of carbonyl (C=O) groups excluding carboxylic acids is 1. The number of allylic oxidation sites excluding steroid dienone is 12. The number of phosphoric acid groups is 1. The van der Waals surface area contributed by atoms with Gasteiger partial charge in [0.2, 0.25) is 0 Å². The van der Waals surface area contributed by atoms with Crippen molar-refractivity contribution in [2.24, 2.45) is 5.73 Å². The van der Waals surface area contributed by atoms with Crippen LogP contribution in [0.3, 0.4) is 0 Å². The van der Waals surface area contributed by atoms with Crippen molar-refractivity contribution in [2.45, 2.75) is 206 Å². The highest BCUT2D eigenvalue weighted by molar-refractivity contribution is 7.47. The van der Waals surface area contributed by atoms with Crippen LogP contribution in [0.1, 0.15) is 200 Å². The van der Waals surface area contributed by atoms with Crippen molar-refractivity contribution in [3.8, 4) is 0 Å². The Labute approximate surface area is 363 Å². The van der Waals surface area contributed by atoms with E-state index >= 15 is 0 Å². The average Bonchev–Trinajstić information content (AvgIpc) is 3.23. The maximum absolute atomic E-state index is 12.6. The molecule has 0 bridgehead atoms. The van der Waals surface area contributed by atoms with Gasteiger partial charge in [-0.1, -0.05) is 202 Å². The molecule has 0 rings (SSSR count). The van der Waals surface area contributed by atoms with Crippen LogP contribution in [0, 0.1) is 0 Å². The Hall–Kier alpha value is -2.06. The predicted molar refractivity (Wildman–Crippen MR) is 252 cm³/mol. The zero-order valence-corrected chi connectivity index (χ0v) is 38.9. The van der Waals surface area contributed by atoms with Crippen LogP contribution < -0.4 is 5.73 Å². The lowest BCUT2D eigenvalue weighted by Crippen LogP contribution is -2.28. The van der Waals surface area contributed by atoms with Crippen molar-refractivity contribution in [3.05, 3.63) is 72.9 Å². The molecule has 0 aromatic heterocycles. The largest absolute Gasteiger partial charge is 0.472 e. The van der Waals surface area contributed by atoms with E-state index in [1.54, 1.807) is 0 Å². The molecule has 9 heteroatoms. The van der Waals surface area contributed by atoms with Gasteiger partial charge >= 0.3 is 13.8 Å². The third kappa shape index (κ3) is 46.9. The summed E-state index contributed by atoms with van der Waals surface area (Å²) in [6.07, 6.45) is 59.3. The molecule has 0 aromatic carbocycles. The quantitative estimate of drug-likeness (QED) is 0.0269. The normalized spacial score (nSPS) is 14.0. The molecule has 0 aliphatic rings. The summed E-state index contributed by atoms with van der Waals surface area (Å²) in [6, 6.07) is 0. The summed E-state index contributed by atoms with van der Waals surface area (Å²) in [7, 11) is -4.29. The minimum absolute atomic E-state index is 0.0922. The van der Waals surface area contributed by atoms with Gasteiger partial charge in [0.05, 0.1) is 19.8 Å². The summed E-state index contributed by atoms with van der Waals surface area (Å²) < 4.78 is 33.5. The van der Waals surface area contributed by atoms with Crippen molar-refractivity contribution >= 4 is 13.8 Å². The van der Waals surface area contributed by atoms with E-state index in [1.165, 1.54) is 96.3 Å². The monoisotopic (exact) mass is 848 g/mol. The molecular weight excluding hydrogens is 758 g/mol. The van der Waals surface area contributed by atoms with Crippen LogP contribution in [0.15, 0.2) is 72.9 Å². The van der Waals surface area contributed by atoms with Gasteiger partial charge in [0.1, 0.15) is 6.10 Å². The molecule has 0 spiro atoms. The topological polar surface area (TPSA) is 117 Å². The number of unbranched alkanes of at least 4 members (excludes halogenated alkanes) is 20. The van der Waals surface area contributed by atoms with Gasteiger partial charge in [0.25, 0.3) is 0 Å². The first-order chi connectivity index (χ1) is 28.9. The Kier molecular flexibility index (Phi) is 45.4. The molecule has 8 nitrogen and oxygen atoms in total. The second kappa shape index (κ2) is 47.0. The summed E-state index contributed by atoms with van der Waals surface area (Å²) in [6.45, 7) is 4.73. The Bertz CT molecular complexity index is 1130. The Morgan fingerprint density at radius 2 is 0.949 bits per heavy atom. The average molecular weight is 848 g/mol. The van der Waals surface area contributed by atoms with Crippen LogP contribution in [-0.2, 0) is 27.9 Å². The number of ether oxygens (including phenoxy) is 2. The number of esters is 1. The number of hydrogen-bond donors (Lipinski definition) is 2. The first kappa shape index (κ1) is 56.9. The third-order valence-corrected chi connectivity index (χ3v) is 10.9. The fourth-order valence-corrected chi connectivity index (χ4v) is 7.18. The highest BCUT2D eigenvalue weighted by Crippen LogP contribution is 2.43. The number of phosphoric ester groups is 1. The minimum Gasteiger partial charge on any atom is -0.457 e. The second-order valence-corrected chi connectivity index (χ2v) is 17.1. The number of hydrogen-bond acceptors (Lipinski definition) is 7. The van der Waals surface area contributed by atoms with E-state index < -0.39 is 13.9 Å². The van der Waals surface area contributed by atoms with Crippen LogP contribution in [0.2, 0.25) is 0 Å². The molecule has 342 valence electrons. The molecular formula is C50H90NO7P. The van der Waals surface area contributed by atoms with E-state index in [2.05, 4.69) is 86.8 Å². The van der Waals surface area contributed by atoms with Crippen LogP contribution in [-0.4, -0.2) is 49.9 Å². The molecule has 0 fully saturated rings. The molecule has 0 heterocycles. The maximum Gasteiger partial charge on any atom is 0.472 e. The standard InChI is InChI=1S/C50H90NO7P/c1-3-5-7-9-11-13-15-17-19-21-23-24-25-26-28-30-32-34-36-38-40-42-45-55-47-49(48-57-59(53,54)56-46-44-51)58-50(52)43-41-39-37-35-33-31-29-27-22-20-18-16-14-12-10-8-6-4-2/h5,7,11,13,17,19,23-24,26,28,32,34,49H,3-4,6,8-10,12,14-16,18,20-22,25,27,29-31,33,35-48,51H2,1-2H3,(H,53,54)/b7-5-,13-11-,19-17-,24-23-,28-26-,34-32-. The SMILES string of the molecule is CC/C=C\C/C=C\C/C=C\C/C=C\C/C=C\C/C=C\CCCCCOCC(COP(=O)(O)OCCN)OC(=O)CCCCCCCCCCCCCCCCCCCC. The summed E-state index contributed by atoms with van der Waals surface area (Å²) in [5.41, 5.74) is 5.38. The summed E-state index contributed by atoms with van der Waals surface area (Å²) in [4.78, 5) is 22.5. The molecule has 2 unspecified atom stereocenters. The van der Waals surface area contributed by atoms with Gasteiger partial charge in [-0.25, -0.2) is 4.57 Å². The van der Waals surface area contributed by atoms with Gasteiger partial charge in [-0.2, -0.15) is 0 Å². The highest BCUT2D eigenvalue weighted by Gasteiger charge is 2.25. The molecule has 0 saturated heterocycles. The zero-order valence-electron chi connectivity index (χ0n) is 38.0. The zero-order chi connectivity index (χ0) is 43.0. The highest BCUT2D eigenvalue weighted by atomic mass is 31.2. The van der Waals surface area contributed by atoms with Crippen molar-refractivity contribution in [3.63, 3.8) is 0 Å². The third-order valence-electron chi connectivity index (χ3n) is 9.89. The van der Waals surface area contributed by atoms with Gasteiger partial charge < -0.3 is 20.1 Å². The lowest BCUT2D eigenvalue weighted by atomic mass is 10.0. The maximum atomic E-state index is 12.6. The molecule has 59 heavy (non-hydrogen) atoms. The first-order valence-corrected chi connectivity index (χ1v) is 25.4. The Balaban J connectivity index is 4.06. The van der Waals surface area contributed by atoms with Crippen LogP contribution >= 0.6 is 7.82 Å². The lowest BCUT2D eigenvalue weighted by Gasteiger charge is -2.20. The molecule has 0 amide bonds. The summed E-state index contributed by atoms with van der Waals surface area (Å²) in [5.74, 6) is -0.342. The van der Waals surface area contributed by atoms with E-state index in [0.717, 1.165) is 83.5 Å². The van der Waals surface area contributed by atoms with Crippen LogP contribution in [0.25, 0.3) is 0 Å². The minimum atomic E-state index is -4.29. The second-order valence-electron chi connectivity index (χ2n) is 15.6. The molecule has 0 aliphatic carbocycles. The van der Waals surface area contributed by atoms with Crippen LogP contribution in [0.4, 0.5) is 0 Å². The molecule has 0 radical (unpaired) electrons. The lowest BCUT2D eigenvalue weighted by molar-refractivity contribution is -0.154.